The molecule has 0 bridgehead atoms. The zero-order chi connectivity index (χ0) is 19.8. The minimum atomic E-state index is -0.423. The van der Waals surface area contributed by atoms with Gasteiger partial charge in [-0.1, -0.05) is 81.7 Å². The first-order valence-corrected chi connectivity index (χ1v) is 9.91. The van der Waals surface area contributed by atoms with Gasteiger partial charge in [0.15, 0.2) is 5.76 Å². The third-order valence-corrected chi connectivity index (χ3v) is 5.80. The first kappa shape index (κ1) is 18.5. The molecule has 1 N–H and O–H groups in total. The van der Waals surface area contributed by atoms with E-state index in [1.807, 2.05) is 86.6 Å². The van der Waals surface area contributed by atoms with Crippen LogP contribution in [0.25, 0.3) is 5.57 Å². The second kappa shape index (κ2) is 7.28. The Kier molecular flexibility index (Phi) is 4.82. The van der Waals surface area contributed by atoms with Crippen LogP contribution in [0.3, 0.4) is 0 Å². The molecule has 0 saturated carbocycles. The minimum Gasteiger partial charge on any atom is -0.503 e. The largest absolute Gasteiger partial charge is 0.503 e. The Balaban J connectivity index is 1.93. The molecular weight excluding hydrogens is 414 g/mol. The van der Waals surface area contributed by atoms with Gasteiger partial charge in [0.2, 0.25) is 0 Å². The number of aliphatic hydroxyl groups excluding tert-OH is 1. The zero-order valence-electron chi connectivity index (χ0n) is 15.7. The van der Waals surface area contributed by atoms with Crippen molar-refractivity contribution in [1.29, 1.82) is 0 Å². The molecule has 4 rings (SSSR count). The topological polar surface area (TPSA) is 40.5 Å². The van der Waals surface area contributed by atoms with E-state index in [-0.39, 0.29) is 11.7 Å². The van der Waals surface area contributed by atoms with E-state index in [9.17, 15) is 9.90 Å². The standard InChI is InChI=1S/C24H20BrNO2/c1-15-7-11-17(12-8-15)21-22(19-5-3-4-6-20(19)25)26(24(28)23(21)27)18-13-9-16(2)10-14-18/h3-14,22,27H,1-2H3. The SMILES string of the molecule is Cc1ccc(C2=C(O)C(=O)N(c3ccc(C)cc3)C2c2ccccc2Br)cc1. The molecule has 0 fully saturated rings. The van der Waals surface area contributed by atoms with Gasteiger partial charge in [0.1, 0.15) is 0 Å². The van der Waals surface area contributed by atoms with Crippen LogP contribution in [-0.2, 0) is 4.79 Å². The summed E-state index contributed by atoms with van der Waals surface area (Å²) in [7, 11) is 0. The number of hydrogen-bond donors (Lipinski definition) is 1. The highest BCUT2D eigenvalue weighted by molar-refractivity contribution is 9.10. The first-order valence-electron chi connectivity index (χ1n) is 9.12. The number of nitrogens with zero attached hydrogens (tertiary/aromatic N) is 1. The highest BCUT2D eigenvalue weighted by Gasteiger charge is 2.42. The van der Waals surface area contributed by atoms with Crippen molar-refractivity contribution in [2.75, 3.05) is 4.90 Å². The van der Waals surface area contributed by atoms with Gasteiger partial charge in [-0.25, -0.2) is 0 Å². The fourth-order valence-corrected chi connectivity index (χ4v) is 4.10. The van der Waals surface area contributed by atoms with E-state index in [0.29, 0.717) is 5.57 Å². The van der Waals surface area contributed by atoms with Crippen molar-refractivity contribution in [3.8, 4) is 0 Å². The lowest BCUT2D eigenvalue weighted by molar-refractivity contribution is -0.117. The van der Waals surface area contributed by atoms with E-state index < -0.39 is 6.04 Å². The van der Waals surface area contributed by atoms with E-state index >= 15 is 0 Å². The molecule has 1 amide bonds. The summed E-state index contributed by atoms with van der Waals surface area (Å²) in [5, 5.41) is 10.9. The average molecular weight is 434 g/mol. The molecule has 1 unspecified atom stereocenters. The molecule has 140 valence electrons. The second-order valence-corrected chi connectivity index (χ2v) is 7.92. The monoisotopic (exact) mass is 433 g/mol. The molecule has 28 heavy (non-hydrogen) atoms. The number of halogens is 1. The van der Waals surface area contributed by atoms with Crippen LogP contribution in [0.2, 0.25) is 0 Å². The molecule has 3 aromatic rings. The second-order valence-electron chi connectivity index (χ2n) is 7.06. The fraction of sp³-hybridized carbons (Fsp3) is 0.125. The van der Waals surface area contributed by atoms with E-state index in [4.69, 9.17) is 0 Å². The van der Waals surface area contributed by atoms with Gasteiger partial charge in [-0.05, 0) is 43.2 Å². The molecule has 0 saturated heterocycles. The van der Waals surface area contributed by atoms with Crippen LogP contribution in [0, 0.1) is 13.8 Å². The lowest BCUT2D eigenvalue weighted by Gasteiger charge is -2.28. The van der Waals surface area contributed by atoms with Gasteiger partial charge in [-0.2, -0.15) is 0 Å². The van der Waals surface area contributed by atoms with Gasteiger partial charge in [0, 0.05) is 15.7 Å². The zero-order valence-corrected chi connectivity index (χ0v) is 17.3. The summed E-state index contributed by atoms with van der Waals surface area (Å²) in [5.74, 6) is -0.592. The number of aryl methyl sites for hydroxylation is 2. The maximum Gasteiger partial charge on any atom is 0.294 e. The van der Waals surface area contributed by atoms with Crippen molar-refractivity contribution in [1.82, 2.24) is 0 Å². The molecule has 1 aliphatic rings. The van der Waals surface area contributed by atoms with Crippen LogP contribution < -0.4 is 4.90 Å². The number of carbonyl (C=O) groups is 1. The van der Waals surface area contributed by atoms with Crippen LogP contribution in [0.1, 0.15) is 28.3 Å². The lowest BCUT2D eigenvalue weighted by atomic mass is 9.93. The van der Waals surface area contributed by atoms with Gasteiger partial charge < -0.3 is 5.11 Å². The third-order valence-electron chi connectivity index (χ3n) is 5.08. The smallest absolute Gasteiger partial charge is 0.294 e. The number of rotatable bonds is 3. The maximum absolute atomic E-state index is 13.1. The Bertz CT molecular complexity index is 1070. The predicted octanol–water partition coefficient (Wildman–Crippen LogP) is 6.12. The summed E-state index contributed by atoms with van der Waals surface area (Å²) in [6.45, 7) is 4.02. The van der Waals surface area contributed by atoms with Crippen LogP contribution in [0.5, 0.6) is 0 Å². The molecule has 0 radical (unpaired) electrons. The normalized spacial score (nSPS) is 16.8. The van der Waals surface area contributed by atoms with Crippen molar-refractivity contribution < 1.29 is 9.90 Å². The molecule has 1 aliphatic heterocycles. The summed E-state index contributed by atoms with van der Waals surface area (Å²) in [6, 6.07) is 23.1. The van der Waals surface area contributed by atoms with Crippen LogP contribution >= 0.6 is 15.9 Å². The quantitative estimate of drug-likeness (QED) is 0.539. The molecule has 3 aromatic carbocycles. The summed E-state index contributed by atoms with van der Waals surface area (Å²) in [6.07, 6.45) is 0. The number of amides is 1. The fourth-order valence-electron chi connectivity index (χ4n) is 3.60. The van der Waals surface area contributed by atoms with Gasteiger partial charge in [0.25, 0.3) is 5.91 Å². The Labute approximate surface area is 173 Å². The van der Waals surface area contributed by atoms with E-state index in [1.54, 1.807) is 4.90 Å². The lowest BCUT2D eigenvalue weighted by Crippen LogP contribution is -2.30. The Morgan fingerprint density at radius 1 is 0.857 bits per heavy atom. The molecule has 1 atom stereocenters. The number of anilines is 1. The van der Waals surface area contributed by atoms with Crippen molar-refractivity contribution in [2.45, 2.75) is 19.9 Å². The molecule has 0 aliphatic carbocycles. The van der Waals surface area contributed by atoms with Gasteiger partial charge in [0.05, 0.1) is 6.04 Å². The highest BCUT2D eigenvalue weighted by atomic mass is 79.9. The Hall–Kier alpha value is -2.85. The highest BCUT2D eigenvalue weighted by Crippen LogP contribution is 2.47. The van der Waals surface area contributed by atoms with Crippen molar-refractivity contribution in [2.24, 2.45) is 0 Å². The van der Waals surface area contributed by atoms with Crippen molar-refractivity contribution in [3.05, 3.63) is 105 Å². The van der Waals surface area contributed by atoms with Gasteiger partial charge >= 0.3 is 0 Å². The maximum atomic E-state index is 13.1. The molecule has 1 heterocycles. The van der Waals surface area contributed by atoms with Crippen molar-refractivity contribution in [3.63, 3.8) is 0 Å². The Morgan fingerprint density at radius 2 is 1.43 bits per heavy atom. The van der Waals surface area contributed by atoms with Crippen LogP contribution in [-0.4, -0.2) is 11.0 Å². The summed E-state index contributed by atoms with van der Waals surface area (Å²) in [5.41, 5.74) is 5.38. The van der Waals surface area contributed by atoms with E-state index in [1.165, 1.54) is 0 Å². The number of hydrogen-bond acceptors (Lipinski definition) is 2. The van der Waals surface area contributed by atoms with Gasteiger partial charge in [-0.3, -0.25) is 9.69 Å². The van der Waals surface area contributed by atoms with E-state index in [2.05, 4.69) is 15.9 Å². The van der Waals surface area contributed by atoms with Gasteiger partial charge in [-0.15, -0.1) is 0 Å². The molecule has 0 aromatic heterocycles. The molecule has 4 heteroatoms. The van der Waals surface area contributed by atoms with E-state index in [0.717, 1.165) is 32.4 Å². The summed E-state index contributed by atoms with van der Waals surface area (Å²) in [4.78, 5) is 14.8. The molecule has 0 spiro atoms. The molecular formula is C24H20BrNO2. The summed E-state index contributed by atoms with van der Waals surface area (Å²) < 4.78 is 0.893. The average Bonchev–Trinajstić information content (AvgIpc) is 2.95. The number of aliphatic hydroxyl groups is 1. The van der Waals surface area contributed by atoms with Crippen LogP contribution in [0.4, 0.5) is 5.69 Å². The Morgan fingerprint density at radius 3 is 2.04 bits per heavy atom. The predicted molar refractivity (Wildman–Crippen MR) is 116 cm³/mol. The summed E-state index contributed by atoms with van der Waals surface area (Å²) >= 11 is 3.63. The van der Waals surface area contributed by atoms with Crippen LogP contribution in [0.15, 0.2) is 83.0 Å². The minimum absolute atomic E-state index is 0.204. The third kappa shape index (κ3) is 3.14. The molecule has 3 nitrogen and oxygen atoms in total. The first-order chi connectivity index (χ1) is 13.5. The number of benzene rings is 3. The van der Waals surface area contributed by atoms with Crippen molar-refractivity contribution >= 4 is 33.1 Å². The number of carbonyl (C=O) groups excluding carboxylic acids is 1.